The average Bonchev–Trinajstić information content (AvgIpc) is 1.72. The first kappa shape index (κ1) is 5.74. The van der Waals surface area contributed by atoms with E-state index in [1.165, 1.54) is 0 Å². The first-order valence-electron chi connectivity index (χ1n) is 1.73. The molecular weight excluding hydrogens is 82.9 g/mol. The Kier molecular flexibility index (Phi) is 2.43. The zero-order chi connectivity index (χ0) is 5.70. The third kappa shape index (κ3) is 1.59. The van der Waals surface area contributed by atoms with E-state index in [9.17, 15) is 0 Å². The van der Waals surface area contributed by atoms with Crippen molar-refractivity contribution >= 4 is 6.71 Å². The summed E-state index contributed by atoms with van der Waals surface area (Å²) in [6.07, 6.45) is 14.6. The zero-order valence-electron chi connectivity index (χ0n) is 3.81. The molecule has 0 aromatic heterocycles. The second-order valence-electron chi connectivity index (χ2n) is 0.933. The molecule has 0 aliphatic carbocycles. The molecule has 0 radical (unpaired) electrons. The SMILES string of the molecule is C#CB(C#C)C#C. The van der Waals surface area contributed by atoms with Gasteiger partial charge in [-0.1, -0.05) is 0 Å². The van der Waals surface area contributed by atoms with E-state index in [0.717, 1.165) is 0 Å². The highest BCUT2D eigenvalue weighted by Gasteiger charge is 1.96. The number of hydrogen-bond acceptors (Lipinski definition) is 0. The van der Waals surface area contributed by atoms with Gasteiger partial charge in [-0.25, -0.2) is 0 Å². The van der Waals surface area contributed by atoms with Crippen LogP contribution in [0, 0.1) is 36.7 Å². The van der Waals surface area contributed by atoms with Crippen LogP contribution in [0.4, 0.5) is 0 Å². The second kappa shape index (κ2) is 2.96. The van der Waals surface area contributed by atoms with Crippen LogP contribution in [0.25, 0.3) is 0 Å². The van der Waals surface area contributed by atoms with E-state index in [1.54, 1.807) is 0 Å². The van der Waals surface area contributed by atoms with Gasteiger partial charge >= 0.3 is 6.71 Å². The fourth-order valence-corrected chi connectivity index (χ4v) is 0.144. The van der Waals surface area contributed by atoms with Gasteiger partial charge in [0, 0.05) is 0 Å². The third-order valence-corrected chi connectivity index (χ3v) is 0.500. The van der Waals surface area contributed by atoms with Gasteiger partial charge in [-0.2, -0.15) is 0 Å². The molecule has 7 heavy (non-hydrogen) atoms. The van der Waals surface area contributed by atoms with Crippen molar-refractivity contribution in [3.63, 3.8) is 0 Å². The highest BCUT2D eigenvalue weighted by Crippen LogP contribution is 1.67. The van der Waals surface area contributed by atoms with Crippen molar-refractivity contribution in [2.24, 2.45) is 0 Å². The molecule has 0 spiro atoms. The Hall–Kier alpha value is -1.26. The zero-order valence-corrected chi connectivity index (χ0v) is 3.81. The molecule has 0 bridgehead atoms. The maximum atomic E-state index is 4.86. The van der Waals surface area contributed by atoms with E-state index in [2.05, 4.69) is 17.5 Å². The molecule has 0 amide bonds. The van der Waals surface area contributed by atoms with E-state index in [1.807, 2.05) is 0 Å². The molecule has 30 valence electrons. The second-order valence-corrected chi connectivity index (χ2v) is 0.933. The fraction of sp³-hybridized carbons (Fsp3) is 0. The number of hydrogen-bond donors (Lipinski definition) is 0. The van der Waals surface area contributed by atoms with Crippen LogP contribution in [0.1, 0.15) is 0 Å². The van der Waals surface area contributed by atoms with Crippen molar-refractivity contribution < 1.29 is 0 Å². The van der Waals surface area contributed by atoms with Crippen molar-refractivity contribution in [1.82, 2.24) is 0 Å². The van der Waals surface area contributed by atoms with E-state index in [-0.39, 0.29) is 0 Å². The molecule has 0 saturated heterocycles. The topological polar surface area (TPSA) is 0 Å². The molecular formula is C6H3B. The van der Waals surface area contributed by atoms with Crippen molar-refractivity contribution in [1.29, 1.82) is 0 Å². The van der Waals surface area contributed by atoms with Crippen LogP contribution in [0.15, 0.2) is 0 Å². The Morgan fingerprint density at radius 2 is 1.14 bits per heavy atom. The Morgan fingerprint density at radius 1 is 0.857 bits per heavy atom. The summed E-state index contributed by atoms with van der Waals surface area (Å²) in [4.78, 5) is 0. The lowest BCUT2D eigenvalue weighted by Crippen LogP contribution is -2.01. The van der Waals surface area contributed by atoms with Gasteiger partial charge in [-0.05, 0) is 0 Å². The van der Waals surface area contributed by atoms with Gasteiger partial charge in [0.05, 0.1) is 0 Å². The van der Waals surface area contributed by atoms with Crippen LogP contribution in [-0.4, -0.2) is 6.71 Å². The summed E-state index contributed by atoms with van der Waals surface area (Å²) in [5.74, 6) is 6.69. The summed E-state index contributed by atoms with van der Waals surface area (Å²) in [6.45, 7) is -0.431. The Balaban J connectivity index is 3.82. The smallest absolute Gasteiger partial charge is 0.130 e. The largest absolute Gasteiger partial charge is 0.394 e. The molecule has 0 aromatic rings. The lowest BCUT2D eigenvalue weighted by Gasteiger charge is -1.74. The van der Waals surface area contributed by atoms with Crippen LogP contribution in [0.2, 0.25) is 0 Å². The summed E-state index contributed by atoms with van der Waals surface area (Å²) >= 11 is 0. The molecule has 0 rings (SSSR count). The van der Waals surface area contributed by atoms with E-state index in [4.69, 9.17) is 19.3 Å². The summed E-state index contributed by atoms with van der Waals surface area (Å²) in [5.41, 5.74) is 0. The Bertz CT molecular complexity index is 127. The minimum absolute atomic E-state index is 0.431. The number of rotatable bonds is 0. The summed E-state index contributed by atoms with van der Waals surface area (Å²) in [6, 6.07) is 0. The predicted molar refractivity (Wildman–Crippen MR) is 32.3 cm³/mol. The summed E-state index contributed by atoms with van der Waals surface area (Å²) in [7, 11) is 0. The average molecular weight is 85.9 g/mol. The normalized spacial score (nSPS) is 4.71. The minimum Gasteiger partial charge on any atom is -0.130 e. The molecule has 0 nitrogen and oxygen atoms in total. The van der Waals surface area contributed by atoms with Gasteiger partial charge in [-0.15, -0.1) is 36.7 Å². The summed E-state index contributed by atoms with van der Waals surface area (Å²) in [5, 5.41) is 0. The first-order valence-corrected chi connectivity index (χ1v) is 1.73. The van der Waals surface area contributed by atoms with Crippen LogP contribution in [-0.2, 0) is 0 Å². The number of terminal acetylenes is 3. The molecule has 0 aromatic carbocycles. The van der Waals surface area contributed by atoms with Crippen LogP contribution < -0.4 is 0 Å². The first-order chi connectivity index (χ1) is 3.35. The van der Waals surface area contributed by atoms with Crippen LogP contribution >= 0.6 is 0 Å². The van der Waals surface area contributed by atoms with Gasteiger partial charge in [-0.3, -0.25) is 0 Å². The maximum absolute atomic E-state index is 4.86. The Morgan fingerprint density at radius 3 is 1.14 bits per heavy atom. The highest BCUT2D eigenvalue weighted by atomic mass is 13.4. The van der Waals surface area contributed by atoms with Gasteiger partial charge in [0.1, 0.15) is 0 Å². The molecule has 0 fully saturated rings. The Labute approximate surface area is 44.4 Å². The van der Waals surface area contributed by atoms with Crippen molar-refractivity contribution in [2.45, 2.75) is 0 Å². The standard InChI is InChI=1S/C6H3B/c1-4-7(5-2)6-3/h1-3H. The van der Waals surface area contributed by atoms with Crippen molar-refractivity contribution in [3.8, 4) is 36.7 Å². The molecule has 0 aliphatic heterocycles. The van der Waals surface area contributed by atoms with Crippen molar-refractivity contribution in [2.75, 3.05) is 0 Å². The molecule has 0 unspecified atom stereocenters. The predicted octanol–water partition coefficient (Wildman–Crippen LogP) is -0.00160. The minimum atomic E-state index is -0.431. The lowest BCUT2D eigenvalue weighted by molar-refractivity contribution is 2.65. The highest BCUT2D eigenvalue weighted by molar-refractivity contribution is 6.82. The molecule has 0 saturated carbocycles. The van der Waals surface area contributed by atoms with Gasteiger partial charge in [0.2, 0.25) is 0 Å². The molecule has 0 aliphatic rings. The third-order valence-electron chi connectivity index (χ3n) is 0.500. The van der Waals surface area contributed by atoms with Crippen LogP contribution in [0.3, 0.4) is 0 Å². The molecule has 0 heterocycles. The maximum Gasteiger partial charge on any atom is 0.394 e. The van der Waals surface area contributed by atoms with Crippen LogP contribution in [0.5, 0.6) is 0 Å². The lowest BCUT2D eigenvalue weighted by atomic mass is 9.53. The van der Waals surface area contributed by atoms with Gasteiger partial charge < -0.3 is 0 Å². The molecule has 0 atom stereocenters. The van der Waals surface area contributed by atoms with Gasteiger partial charge in [0.15, 0.2) is 0 Å². The van der Waals surface area contributed by atoms with Crippen molar-refractivity contribution in [3.05, 3.63) is 0 Å². The van der Waals surface area contributed by atoms with E-state index < -0.39 is 6.71 Å². The molecule has 0 N–H and O–H groups in total. The van der Waals surface area contributed by atoms with E-state index >= 15 is 0 Å². The summed E-state index contributed by atoms with van der Waals surface area (Å²) < 4.78 is 0. The quantitative estimate of drug-likeness (QED) is 0.287. The monoisotopic (exact) mass is 86.0 g/mol. The van der Waals surface area contributed by atoms with Gasteiger partial charge in [0.25, 0.3) is 0 Å². The van der Waals surface area contributed by atoms with E-state index in [0.29, 0.717) is 0 Å². The molecule has 1 heteroatoms. The fourth-order valence-electron chi connectivity index (χ4n) is 0.144.